The number of hydrogen-bond donors (Lipinski definition) is 4. The van der Waals surface area contributed by atoms with Crippen molar-refractivity contribution in [3.05, 3.63) is 0 Å². The Kier molecular flexibility index (Phi) is 6.80. The smallest absolute Gasteiger partial charge is 0.426 e. The van der Waals surface area contributed by atoms with Gasteiger partial charge in [0.1, 0.15) is 12.1 Å². The first-order chi connectivity index (χ1) is 11.9. The summed E-state index contributed by atoms with van der Waals surface area (Å²) in [5.74, 6) is -1.45. The second-order valence-electron chi connectivity index (χ2n) is 6.66. The van der Waals surface area contributed by atoms with Gasteiger partial charge in [-0.1, -0.05) is 0 Å². The van der Waals surface area contributed by atoms with E-state index in [0.29, 0.717) is 32.4 Å². The Morgan fingerprint density at radius 2 is 1.80 bits per heavy atom. The Labute approximate surface area is 147 Å². The maximum absolute atomic E-state index is 12.5. The quantitative estimate of drug-likeness (QED) is 0.398. The van der Waals surface area contributed by atoms with Gasteiger partial charge in [0.25, 0.3) is 0 Å². The number of nitrogens with zero attached hydrogens (tertiary/aromatic N) is 2. The van der Waals surface area contributed by atoms with Crippen LogP contribution in [0, 0.1) is 0 Å². The zero-order valence-electron chi connectivity index (χ0n) is 14.8. The topological polar surface area (TPSA) is 122 Å². The van der Waals surface area contributed by atoms with Gasteiger partial charge in [0.2, 0.25) is 17.7 Å². The molecule has 2 saturated heterocycles. The zero-order valence-corrected chi connectivity index (χ0v) is 14.8. The van der Waals surface area contributed by atoms with Crippen LogP contribution in [0.3, 0.4) is 0 Å². The number of carbonyl (C=O) groups is 3. The molecule has 3 atom stereocenters. The molecule has 0 radical (unpaired) electrons. The van der Waals surface area contributed by atoms with Crippen LogP contribution in [0.2, 0.25) is 0 Å². The SMILES string of the molecule is CNCC(=O)N1CCC[C@H]1C(=O)N[C@@H](C)C(=O)N1CCC[C@H]1B(O)O. The van der Waals surface area contributed by atoms with Crippen molar-refractivity contribution in [3.63, 3.8) is 0 Å². The summed E-state index contributed by atoms with van der Waals surface area (Å²) >= 11 is 0. The highest BCUT2D eigenvalue weighted by Gasteiger charge is 2.40. The number of amides is 3. The second-order valence-corrected chi connectivity index (χ2v) is 6.66. The molecule has 140 valence electrons. The molecule has 2 aliphatic rings. The Balaban J connectivity index is 1.95. The number of likely N-dealkylation sites (tertiary alicyclic amines) is 2. The van der Waals surface area contributed by atoms with Crippen LogP contribution in [0.5, 0.6) is 0 Å². The van der Waals surface area contributed by atoms with Crippen molar-refractivity contribution in [3.8, 4) is 0 Å². The van der Waals surface area contributed by atoms with E-state index in [4.69, 9.17) is 0 Å². The Hall–Kier alpha value is -1.65. The average Bonchev–Trinajstić information content (AvgIpc) is 3.23. The summed E-state index contributed by atoms with van der Waals surface area (Å²) in [5, 5.41) is 24.2. The molecule has 4 N–H and O–H groups in total. The van der Waals surface area contributed by atoms with Crippen LogP contribution < -0.4 is 10.6 Å². The summed E-state index contributed by atoms with van der Waals surface area (Å²) < 4.78 is 0. The predicted octanol–water partition coefficient (Wildman–Crippen LogP) is -2.30. The van der Waals surface area contributed by atoms with Gasteiger partial charge in [-0.3, -0.25) is 14.4 Å². The number of nitrogens with one attached hydrogen (secondary N) is 2. The van der Waals surface area contributed by atoms with Crippen molar-refractivity contribution in [1.82, 2.24) is 20.4 Å². The fourth-order valence-corrected chi connectivity index (χ4v) is 3.59. The molecule has 0 spiro atoms. The van der Waals surface area contributed by atoms with Crippen molar-refractivity contribution in [2.45, 2.75) is 50.6 Å². The predicted molar refractivity (Wildman–Crippen MR) is 91.2 cm³/mol. The van der Waals surface area contributed by atoms with Crippen LogP contribution in [-0.2, 0) is 14.4 Å². The normalized spacial score (nSPS) is 24.3. The van der Waals surface area contributed by atoms with E-state index < -0.39 is 25.1 Å². The molecule has 2 rings (SSSR count). The lowest BCUT2D eigenvalue weighted by Crippen LogP contribution is -2.55. The highest BCUT2D eigenvalue weighted by atomic mass is 16.4. The third kappa shape index (κ3) is 4.50. The largest absolute Gasteiger partial charge is 0.475 e. The number of carbonyl (C=O) groups excluding carboxylic acids is 3. The minimum absolute atomic E-state index is 0.137. The summed E-state index contributed by atoms with van der Waals surface area (Å²) in [6.07, 6.45) is 2.55. The van der Waals surface area contributed by atoms with Gasteiger partial charge in [-0.25, -0.2) is 0 Å². The van der Waals surface area contributed by atoms with Gasteiger partial charge in [-0.05, 0) is 39.7 Å². The molecule has 0 aromatic carbocycles. The fourth-order valence-electron chi connectivity index (χ4n) is 3.59. The first-order valence-corrected chi connectivity index (χ1v) is 8.78. The van der Waals surface area contributed by atoms with E-state index in [1.54, 1.807) is 18.9 Å². The lowest BCUT2D eigenvalue weighted by molar-refractivity contribution is -0.140. The third-order valence-electron chi connectivity index (χ3n) is 4.86. The van der Waals surface area contributed by atoms with Gasteiger partial charge in [-0.15, -0.1) is 0 Å². The molecule has 0 aliphatic carbocycles. The lowest BCUT2D eigenvalue weighted by Gasteiger charge is -2.29. The van der Waals surface area contributed by atoms with Crippen molar-refractivity contribution in [2.75, 3.05) is 26.7 Å². The molecule has 2 heterocycles. The van der Waals surface area contributed by atoms with Gasteiger partial charge in [-0.2, -0.15) is 0 Å². The second kappa shape index (κ2) is 8.64. The Morgan fingerprint density at radius 3 is 2.44 bits per heavy atom. The minimum Gasteiger partial charge on any atom is -0.426 e. The molecule has 9 nitrogen and oxygen atoms in total. The summed E-state index contributed by atoms with van der Waals surface area (Å²) in [6, 6.07) is -1.34. The molecule has 0 saturated carbocycles. The fraction of sp³-hybridized carbons (Fsp3) is 0.800. The molecule has 0 aromatic heterocycles. The van der Waals surface area contributed by atoms with Crippen LogP contribution in [0.1, 0.15) is 32.6 Å². The lowest BCUT2D eigenvalue weighted by atomic mass is 9.78. The van der Waals surface area contributed by atoms with Gasteiger partial charge < -0.3 is 30.5 Å². The molecule has 3 amide bonds. The number of likely N-dealkylation sites (N-methyl/N-ethyl adjacent to an activating group) is 1. The van der Waals surface area contributed by atoms with Crippen LogP contribution in [0.25, 0.3) is 0 Å². The Morgan fingerprint density at radius 1 is 1.16 bits per heavy atom. The average molecular weight is 354 g/mol. The molecular formula is C15H27BN4O5. The molecular weight excluding hydrogens is 327 g/mol. The van der Waals surface area contributed by atoms with Crippen molar-refractivity contribution < 1.29 is 24.4 Å². The van der Waals surface area contributed by atoms with E-state index in [1.165, 1.54) is 4.90 Å². The highest BCUT2D eigenvalue weighted by Crippen LogP contribution is 2.20. The van der Waals surface area contributed by atoms with Gasteiger partial charge in [0.05, 0.1) is 12.5 Å². The maximum Gasteiger partial charge on any atom is 0.475 e. The molecule has 25 heavy (non-hydrogen) atoms. The van der Waals surface area contributed by atoms with E-state index in [2.05, 4.69) is 10.6 Å². The minimum atomic E-state index is -1.58. The van der Waals surface area contributed by atoms with Gasteiger partial charge >= 0.3 is 7.12 Å². The summed E-state index contributed by atoms with van der Waals surface area (Å²) in [4.78, 5) is 40.1. The highest BCUT2D eigenvalue weighted by molar-refractivity contribution is 6.43. The number of rotatable bonds is 6. The molecule has 0 bridgehead atoms. The van der Waals surface area contributed by atoms with E-state index in [0.717, 1.165) is 6.42 Å². The molecule has 0 unspecified atom stereocenters. The summed E-state index contributed by atoms with van der Waals surface area (Å²) in [6.45, 7) is 2.72. The standard InChI is InChI=1S/C15H27BN4O5/c1-10(15(23)20-8-4-6-12(20)16(24)25)18-14(22)11-5-3-7-19(11)13(21)9-17-2/h10-12,17,24-25H,3-9H2,1-2H3,(H,18,22)/t10-,11-,12-/m0/s1. The van der Waals surface area contributed by atoms with Crippen molar-refractivity contribution in [1.29, 1.82) is 0 Å². The van der Waals surface area contributed by atoms with E-state index in [9.17, 15) is 24.4 Å². The van der Waals surface area contributed by atoms with E-state index in [-0.39, 0.29) is 24.3 Å². The van der Waals surface area contributed by atoms with E-state index in [1.807, 2.05) is 0 Å². The number of hydrogen-bond acceptors (Lipinski definition) is 6. The first kappa shape index (κ1) is 19.7. The summed E-state index contributed by atoms with van der Waals surface area (Å²) in [7, 11) is 0.0881. The summed E-state index contributed by atoms with van der Waals surface area (Å²) in [5.41, 5.74) is 0. The zero-order chi connectivity index (χ0) is 18.6. The van der Waals surface area contributed by atoms with Crippen molar-refractivity contribution in [2.24, 2.45) is 0 Å². The monoisotopic (exact) mass is 354 g/mol. The van der Waals surface area contributed by atoms with Crippen LogP contribution >= 0.6 is 0 Å². The molecule has 2 fully saturated rings. The third-order valence-corrected chi connectivity index (χ3v) is 4.86. The van der Waals surface area contributed by atoms with E-state index >= 15 is 0 Å². The Bertz CT molecular complexity index is 518. The molecule has 2 aliphatic heterocycles. The molecule has 0 aromatic rings. The maximum atomic E-state index is 12.5. The van der Waals surface area contributed by atoms with Crippen LogP contribution in [-0.4, -0.2) is 89.4 Å². The first-order valence-electron chi connectivity index (χ1n) is 8.78. The van der Waals surface area contributed by atoms with Gasteiger partial charge in [0, 0.05) is 13.1 Å². The van der Waals surface area contributed by atoms with Crippen LogP contribution in [0.4, 0.5) is 0 Å². The molecule has 10 heteroatoms. The van der Waals surface area contributed by atoms with Crippen molar-refractivity contribution >= 4 is 24.8 Å². The van der Waals surface area contributed by atoms with Crippen LogP contribution in [0.15, 0.2) is 0 Å². The van der Waals surface area contributed by atoms with Gasteiger partial charge in [0.15, 0.2) is 0 Å².